The Bertz CT molecular complexity index is 414. The highest BCUT2D eigenvalue weighted by Gasteiger charge is 1.95. The monoisotopic (exact) mass is 201 g/mol. The molecule has 0 atom stereocenters. The van der Waals surface area contributed by atoms with Crippen molar-refractivity contribution >= 4 is 11.5 Å². The van der Waals surface area contributed by atoms with Crippen LogP contribution in [0.1, 0.15) is 0 Å². The van der Waals surface area contributed by atoms with E-state index in [1.54, 1.807) is 13.3 Å². The largest absolute Gasteiger partial charge is 0.497 e. The Morgan fingerprint density at radius 3 is 2.53 bits per heavy atom. The van der Waals surface area contributed by atoms with Gasteiger partial charge in [-0.1, -0.05) is 0 Å². The zero-order valence-electron chi connectivity index (χ0n) is 8.34. The van der Waals surface area contributed by atoms with Gasteiger partial charge in [0.05, 0.1) is 7.11 Å². The molecule has 0 spiro atoms. The van der Waals surface area contributed by atoms with Crippen molar-refractivity contribution in [1.29, 1.82) is 0 Å². The summed E-state index contributed by atoms with van der Waals surface area (Å²) in [5.41, 5.74) is 0.967. The molecule has 0 bridgehead atoms. The molecule has 1 aromatic heterocycles. The summed E-state index contributed by atoms with van der Waals surface area (Å²) in [6.07, 6.45) is 3.20. The average Bonchev–Trinajstić information content (AvgIpc) is 2.31. The molecule has 4 heteroatoms. The van der Waals surface area contributed by atoms with Gasteiger partial charge >= 0.3 is 0 Å². The van der Waals surface area contributed by atoms with Crippen LogP contribution in [0.25, 0.3) is 0 Å². The van der Waals surface area contributed by atoms with Gasteiger partial charge in [-0.25, -0.2) is 9.97 Å². The second kappa shape index (κ2) is 4.41. The minimum Gasteiger partial charge on any atom is -0.497 e. The van der Waals surface area contributed by atoms with E-state index in [2.05, 4.69) is 15.3 Å². The lowest BCUT2D eigenvalue weighted by Crippen LogP contribution is -1.93. The lowest BCUT2D eigenvalue weighted by atomic mass is 10.3. The van der Waals surface area contributed by atoms with Gasteiger partial charge < -0.3 is 10.1 Å². The Hall–Kier alpha value is -2.10. The molecule has 15 heavy (non-hydrogen) atoms. The van der Waals surface area contributed by atoms with E-state index in [9.17, 15) is 0 Å². The molecule has 0 radical (unpaired) electrons. The molecule has 0 aliphatic heterocycles. The van der Waals surface area contributed by atoms with Gasteiger partial charge in [-0.15, -0.1) is 0 Å². The van der Waals surface area contributed by atoms with Gasteiger partial charge in [0.15, 0.2) is 0 Å². The summed E-state index contributed by atoms with van der Waals surface area (Å²) in [6, 6.07) is 9.46. The summed E-state index contributed by atoms with van der Waals surface area (Å²) < 4.78 is 5.07. The number of anilines is 2. The van der Waals surface area contributed by atoms with Crippen molar-refractivity contribution in [3.05, 3.63) is 42.9 Å². The molecule has 1 aromatic carbocycles. The standard InChI is InChI=1S/C11H11N3O/c1-15-10-4-2-9(3-5-10)14-11-6-7-12-8-13-11/h2-8H,1H3,(H,12,13,14). The van der Waals surface area contributed by atoms with Crippen molar-refractivity contribution in [2.45, 2.75) is 0 Å². The van der Waals surface area contributed by atoms with Crippen LogP contribution in [0.4, 0.5) is 11.5 Å². The summed E-state index contributed by atoms with van der Waals surface area (Å²) in [6.45, 7) is 0. The van der Waals surface area contributed by atoms with Crippen molar-refractivity contribution < 1.29 is 4.74 Å². The number of hydrogen-bond donors (Lipinski definition) is 1. The fraction of sp³-hybridized carbons (Fsp3) is 0.0909. The number of methoxy groups -OCH3 is 1. The molecule has 1 N–H and O–H groups in total. The van der Waals surface area contributed by atoms with Crippen LogP contribution in [0.3, 0.4) is 0 Å². The second-order valence-corrected chi connectivity index (χ2v) is 2.95. The first-order valence-corrected chi connectivity index (χ1v) is 4.55. The Morgan fingerprint density at radius 1 is 1.13 bits per heavy atom. The topological polar surface area (TPSA) is 47.0 Å². The highest BCUT2D eigenvalue weighted by molar-refractivity contribution is 5.56. The summed E-state index contributed by atoms with van der Waals surface area (Å²) in [7, 11) is 1.65. The average molecular weight is 201 g/mol. The number of nitrogens with one attached hydrogen (secondary N) is 1. The minimum absolute atomic E-state index is 0.773. The first-order chi connectivity index (χ1) is 7.38. The Kier molecular flexibility index (Phi) is 2.78. The fourth-order valence-electron chi connectivity index (χ4n) is 1.19. The molecule has 0 aliphatic carbocycles. The van der Waals surface area contributed by atoms with Gasteiger partial charge in [-0.05, 0) is 30.3 Å². The third kappa shape index (κ3) is 2.43. The number of hydrogen-bond acceptors (Lipinski definition) is 4. The highest BCUT2D eigenvalue weighted by atomic mass is 16.5. The second-order valence-electron chi connectivity index (χ2n) is 2.95. The molecule has 0 unspecified atom stereocenters. The predicted octanol–water partition coefficient (Wildman–Crippen LogP) is 2.23. The van der Waals surface area contributed by atoms with E-state index >= 15 is 0 Å². The Morgan fingerprint density at radius 2 is 1.93 bits per heavy atom. The zero-order chi connectivity index (χ0) is 10.5. The van der Waals surface area contributed by atoms with Crippen molar-refractivity contribution in [2.24, 2.45) is 0 Å². The molecule has 0 amide bonds. The van der Waals surface area contributed by atoms with E-state index in [0.717, 1.165) is 17.3 Å². The van der Waals surface area contributed by atoms with Crippen LogP contribution < -0.4 is 10.1 Å². The number of ether oxygens (including phenoxy) is 1. The highest BCUT2D eigenvalue weighted by Crippen LogP contribution is 2.17. The van der Waals surface area contributed by atoms with Crippen LogP contribution in [-0.2, 0) is 0 Å². The number of rotatable bonds is 3. The third-order valence-electron chi connectivity index (χ3n) is 1.94. The summed E-state index contributed by atoms with van der Waals surface area (Å²) in [5.74, 6) is 1.61. The molecule has 2 rings (SSSR count). The van der Waals surface area contributed by atoms with Crippen molar-refractivity contribution in [3.8, 4) is 5.75 Å². The molecular formula is C11H11N3O. The third-order valence-corrected chi connectivity index (χ3v) is 1.94. The number of nitrogens with zero attached hydrogens (tertiary/aromatic N) is 2. The maximum atomic E-state index is 5.07. The van der Waals surface area contributed by atoms with Crippen molar-refractivity contribution in [3.63, 3.8) is 0 Å². The summed E-state index contributed by atoms with van der Waals surface area (Å²) >= 11 is 0. The van der Waals surface area contributed by atoms with Gasteiger partial charge in [0.25, 0.3) is 0 Å². The van der Waals surface area contributed by atoms with E-state index in [0.29, 0.717) is 0 Å². The fourth-order valence-corrected chi connectivity index (χ4v) is 1.19. The maximum Gasteiger partial charge on any atom is 0.133 e. The van der Waals surface area contributed by atoms with Crippen LogP contribution in [0.2, 0.25) is 0 Å². The van der Waals surface area contributed by atoms with Gasteiger partial charge in [0.2, 0.25) is 0 Å². The number of benzene rings is 1. The van der Waals surface area contributed by atoms with E-state index in [-0.39, 0.29) is 0 Å². The van der Waals surface area contributed by atoms with Crippen molar-refractivity contribution in [2.75, 3.05) is 12.4 Å². The lowest BCUT2D eigenvalue weighted by Gasteiger charge is -2.05. The lowest BCUT2D eigenvalue weighted by molar-refractivity contribution is 0.415. The SMILES string of the molecule is COc1ccc(Nc2ccncn2)cc1. The van der Waals surface area contributed by atoms with Gasteiger partial charge in [0, 0.05) is 11.9 Å². The smallest absolute Gasteiger partial charge is 0.133 e. The van der Waals surface area contributed by atoms with Crippen LogP contribution >= 0.6 is 0 Å². The number of aromatic nitrogens is 2. The minimum atomic E-state index is 0.773. The molecule has 4 nitrogen and oxygen atoms in total. The summed E-state index contributed by atoms with van der Waals surface area (Å²) in [4.78, 5) is 7.91. The Labute approximate surface area is 88.0 Å². The molecule has 0 saturated heterocycles. The van der Waals surface area contributed by atoms with Gasteiger partial charge in [-0.2, -0.15) is 0 Å². The molecule has 1 heterocycles. The normalized spacial score (nSPS) is 9.67. The van der Waals surface area contributed by atoms with Gasteiger partial charge in [-0.3, -0.25) is 0 Å². The van der Waals surface area contributed by atoms with E-state index in [4.69, 9.17) is 4.74 Å². The van der Waals surface area contributed by atoms with Crippen LogP contribution in [0.5, 0.6) is 5.75 Å². The maximum absolute atomic E-state index is 5.07. The summed E-state index contributed by atoms with van der Waals surface area (Å²) in [5, 5.41) is 3.15. The molecule has 0 fully saturated rings. The zero-order valence-corrected chi connectivity index (χ0v) is 8.34. The first-order valence-electron chi connectivity index (χ1n) is 4.55. The van der Waals surface area contributed by atoms with E-state index in [1.807, 2.05) is 30.3 Å². The first kappa shape index (κ1) is 9.45. The van der Waals surface area contributed by atoms with Gasteiger partial charge in [0.1, 0.15) is 17.9 Å². The molecule has 0 aliphatic rings. The molecule has 2 aromatic rings. The van der Waals surface area contributed by atoms with Crippen molar-refractivity contribution in [1.82, 2.24) is 9.97 Å². The van der Waals surface area contributed by atoms with Crippen LogP contribution in [-0.4, -0.2) is 17.1 Å². The van der Waals surface area contributed by atoms with E-state index < -0.39 is 0 Å². The molecule has 76 valence electrons. The van der Waals surface area contributed by atoms with Crippen LogP contribution in [0, 0.1) is 0 Å². The Balaban J connectivity index is 2.11. The predicted molar refractivity (Wildman–Crippen MR) is 58.3 cm³/mol. The quantitative estimate of drug-likeness (QED) is 0.827. The molecule has 0 saturated carbocycles. The molecular weight excluding hydrogens is 190 g/mol. The van der Waals surface area contributed by atoms with E-state index in [1.165, 1.54) is 6.33 Å². The van der Waals surface area contributed by atoms with Crippen LogP contribution in [0.15, 0.2) is 42.9 Å².